The molecular formula is C22H25N3O4S. The summed E-state index contributed by atoms with van der Waals surface area (Å²) in [4.78, 5) is 24.6. The molecule has 2 aromatic rings. The lowest BCUT2D eigenvalue weighted by Gasteiger charge is -2.12. The van der Waals surface area contributed by atoms with E-state index in [1.807, 2.05) is 6.92 Å². The van der Waals surface area contributed by atoms with Crippen molar-refractivity contribution in [1.29, 1.82) is 0 Å². The Bertz CT molecular complexity index is 896. The molecule has 0 radical (unpaired) electrons. The average Bonchev–Trinajstić information content (AvgIpc) is 3.26. The third-order valence-electron chi connectivity index (χ3n) is 4.55. The lowest BCUT2D eigenvalue weighted by Crippen LogP contribution is -2.34. The molecule has 1 unspecified atom stereocenters. The molecule has 0 aliphatic carbocycles. The number of carbonyl (C=O) groups excluding carboxylic acids is 2. The second-order valence-electron chi connectivity index (χ2n) is 6.79. The molecule has 3 N–H and O–H groups in total. The van der Waals surface area contributed by atoms with Gasteiger partial charge in [-0.3, -0.25) is 14.9 Å². The van der Waals surface area contributed by atoms with E-state index >= 15 is 0 Å². The molecule has 7 nitrogen and oxygen atoms in total. The predicted octanol–water partition coefficient (Wildman–Crippen LogP) is 3.12. The molecule has 1 aliphatic heterocycles. The van der Waals surface area contributed by atoms with Gasteiger partial charge < -0.3 is 20.1 Å². The quantitative estimate of drug-likeness (QED) is 0.589. The van der Waals surface area contributed by atoms with Crippen molar-refractivity contribution in [3.8, 4) is 5.75 Å². The van der Waals surface area contributed by atoms with Crippen molar-refractivity contribution in [3.63, 3.8) is 0 Å². The molecular weight excluding hydrogens is 402 g/mol. The Kier molecular flexibility index (Phi) is 7.75. The van der Waals surface area contributed by atoms with Crippen LogP contribution in [0.1, 0.15) is 40.5 Å². The van der Waals surface area contributed by atoms with Crippen molar-refractivity contribution in [2.75, 3.05) is 25.1 Å². The summed E-state index contributed by atoms with van der Waals surface area (Å²) in [7, 11) is 0. The SMILES string of the molecule is CCOc1cccc(C(=O)NC(=S)Nc2ccc(C(=O)NCC3CCCO3)cc2)c1. The Morgan fingerprint density at radius 1 is 1.13 bits per heavy atom. The smallest absolute Gasteiger partial charge is 0.257 e. The van der Waals surface area contributed by atoms with Crippen molar-refractivity contribution < 1.29 is 19.1 Å². The topological polar surface area (TPSA) is 88.7 Å². The van der Waals surface area contributed by atoms with Gasteiger partial charge in [0, 0.05) is 30.0 Å². The number of ether oxygens (including phenoxy) is 2. The van der Waals surface area contributed by atoms with Crippen LogP contribution in [0.2, 0.25) is 0 Å². The zero-order valence-corrected chi connectivity index (χ0v) is 17.6. The second kappa shape index (κ2) is 10.7. The number of benzene rings is 2. The summed E-state index contributed by atoms with van der Waals surface area (Å²) in [5, 5.41) is 8.62. The first-order chi connectivity index (χ1) is 14.5. The minimum absolute atomic E-state index is 0.102. The fraction of sp³-hybridized carbons (Fsp3) is 0.318. The van der Waals surface area contributed by atoms with Gasteiger partial charge in [0.2, 0.25) is 0 Å². The van der Waals surface area contributed by atoms with E-state index in [9.17, 15) is 9.59 Å². The van der Waals surface area contributed by atoms with Crippen LogP contribution in [-0.4, -0.2) is 42.8 Å². The Morgan fingerprint density at radius 2 is 1.93 bits per heavy atom. The van der Waals surface area contributed by atoms with Crippen molar-refractivity contribution >= 4 is 34.8 Å². The third kappa shape index (κ3) is 6.27. The van der Waals surface area contributed by atoms with Crippen molar-refractivity contribution in [3.05, 3.63) is 59.7 Å². The van der Waals surface area contributed by atoms with Gasteiger partial charge in [-0.05, 0) is 74.4 Å². The van der Waals surface area contributed by atoms with Crippen LogP contribution in [0.5, 0.6) is 5.75 Å². The average molecular weight is 428 g/mol. The van der Waals surface area contributed by atoms with Gasteiger partial charge in [0.15, 0.2) is 5.11 Å². The number of hydrogen-bond acceptors (Lipinski definition) is 5. The fourth-order valence-corrected chi connectivity index (χ4v) is 3.26. The fourth-order valence-electron chi connectivity index (χ4n) is 3.05. The minimum atomic E-state index is -0.334. The van der Waals surface area contributed by atoms with E-state index in [0.29, 0.717) is 35.7 Å². The summed E-state index contributed by atoms with van der Waals surface area (Å²) < 4.78 is 10.9. The van der Waals surface area contributed by atoms with Gasteiger partial charge in [-0.1, -0.05) is 6.07 Å². The predicted molar refractivity (Wildman–Crippen MR) is 119 cm³/mol. The zero-order chi connectivity index (χ0) is 21.3. The van der Waals surface area contributed by atoms with Gasteiger partial charge in [-0.25, -0.2) is 0 Å². The molecule has 0 aromatic heterocycles. The molecule has 2 amide bonds. The summed E-state index contributed by atoms with van der Waals surface area (Å²) in [5.74, 6) is 0.138. The number of rotatable bonds is 7. The summed E-state index contributed by atoms with van der Waals surface area (Å²) in [6.45, 7) is 3.67. The Labute approximate surface area is 181 Å². The van der Waals surface area contributed by atoms with Gasteiger partial charge in [-0.15, -0.1) is 0 Å². The monoisotopic (exact) mass is 427 g/mol. The molecule has 1 heterocycles. The highest BCUT2D eigenvalue weighted by Crippen LogP contribution is 2.14. The van der Waals surface area contributed by atoms with E-state index in [1.165, 1.54) is 0 Å². The standard InChI is InChI=1S/C22H25N3O4S/c1-2-28-18-6-3-5-16(13-18)21(27)25-22(30)24-17-10-8-15(9-11-17)20(26)23-14-19-7-4-12-29-19/h3,5-6,8-11,13,19H,2,4,7,12,14H2,1H3,(H,23,26)(H2,24,25,27,30). The van der Waals surface area contributed by atoms with E-state index in [4.69, 9.17) is 21.7 Å². The first-order valence-corrected chi connectivity index (χ1v) is 10.3. The summed E-state index contributed by atoms with van der Waals surface area (Å²) in [6.07, 6.45) is 2.11. The van der Waals surface area contributed by atoms with Crippen LogP contribution in [0.4, 0.5) is 5.69 Å². The van der Waals surface area contributed by atoms with E-state index in [-0.39, 0.29) is 23.0 Å². The number of hydrogen-bond donors (Lipinski definition) is 3. The van der Waals surface area contributed by atoms with Crippen molar-refractivity contribution in [2.24, 2.45) is 0 Å². The summed E-state index contributed by atoms with van der Waals surface area (Å²) >= 11 is 5.22. The second-order valence-corrected chi connectivity index (χ2v) is 7.20. The lowest BCUT2D eigenvalue weighted by atomic mass is 10.2. The van der Waals surface area contributed by atoms with Gasteiger partial charge >= 0.3 is 0 Å². The van der Waals surface area contributed by atoms with E-state index in [1.54, 1.807) is 48.5 Å². The van der Waals surface area contributed by atoms with Gasteiger partial charge in [0.1, 0.15) is 5.75 Å². The third-order valence-corrected chi connectivity index (χ3v) is 4.76. The molecule has 0 spiro atoms. The number of carbonyl (C=O) groups is 2. The van der Waals surface area contributed by atoms with Crippen LogP contribution in [0.25, 0.3) is 0 Å². The maximum absolute atomic E-state index is 12.4. The lowest BCUT2D eigenvalue weighted by molar-refractivity contribution is 0.0857. The molecule has 1 aliphatic rings. The highest BCUT2D eigenvalue weighted by atomic mass is 32.1. The molecule has 1 fully saturated rings. The molecule has 30 heavy (non-hydrogen) atoms. The molecule has 158 valence electrons. The van der Waals surface area contributed by atoms with E-state index < -0.39 is 0 Å². The molecule has 1 atom stereocenters. The van der Waals surface area contributed by atoms with Gasteiger partial charge in [-0.2, -0.15) is 0 Å². The molecule has 2 aromatic carbocycles. The van der Waals surface area contributed by atoms with Gasteiger partial charge in [0.25, 0.3) is 11.8 Å². The zero-order valence-electron chi connectivity index (χ0n) is 16.8. The molecule has 0 saturated carbocycles. The maximum Gasteiger partial charge on any atom is 0.257 e. The molecule has 8 heteroatoms. The largest absolute Gasteiger partial charge is 0.494 e. The number of anilines is 1. The van der Waals surface area contributed by atoms with E-state index in [0.717, 1.165) is 19.4 Å². The first-order valence-electron chi connectivity index (χ1n) is 9.90. The van der Waals surface area contributed by atoms with Crippen LogP contribution >= 0.6 is 12.2 Å². The van der Waals surface area contributed by atoms with Crippen LogP contribution in [0, 0.1) is 0 Å². The summed E-state index contributed by atoms with van der Waals surface area (Å²) in [5.41, 5.74) is 1.66. The van der Waals surface area contributed by atoms with Crippen LogP contribution in [-0.2, 0) is 4.74 Å². The van der Waals surface area contributed by atoms with E-state index in [2.05, 4.69) is 16.0 Å². The van der Waals surface area contributed by atoms with Gasteiger partial charge in [0.05, 0.1) is 12.7 Å². The minimum Gasteiger partial charge on any atom is -0.494 e. The number of thiocarbonyl (C=S) groups is 1. The maximum atomic E-state index is 12.4. The highest BCUT2D eigenvalue weighted by Gasteiger charge is 2.16. The number of nitrogens with one attached hydrogen (secondary N) is 3. The Morgan fingerprint density at radius 3 is 2.63 bits per heavy atom. The molecule has 0 bridgehead atoms. The van der Waals surface area contributed by atoms with Crippen LogP contribution in [0.15, 0.2) is 48.5 Å². The van der Waals surface area contributed by atoms with Crippen LogP contribution in [0.3, 0.4) is 0 Å². The van der Waals surface area contributed by atoms with Crippen molar-refractivity contribution in [2.45, 2.75) is 25.9 Å². The highest BCUT2D eigenvalue weighted by molar-refractivity contribution is 7.80. The normalized spacial score (nSPS) is 15.3. The Hall–Kier alpha value is -2.97. The van der Waals surface area contributed by atoms with Crippen molar-refractivity contribution in [1.82, 2.24) is 10.6 Å². The Balaban J connectivity index is 1.49. The number of amides is 2. The van der Waals surface area contributed by atoms with Crippen LogP contribution < -0.4 is 20.7 Å². The summed E-state index contributed by atoms with van der Waals surface area (Å²) in [6, 6.07) is 13.7. The first kappa shape index (κ1) is 21.7. The molecule has 3 rings (SSSR count). The molecule has 1 saturated heterocycles.